The van der Waals surface area contributed by atoms with E-state index in [1.165, 1.54) is 18.3 Å². The average molecular weight is 252 g/mol. The highest BCUT2D eigenvalue weighted by molar-refractivity contribution is 5.93. The summed E-state index contributed by atoms with van der Waals surface area (Å²) in [6, 6.07) is 2.62. The van der Waals surface area contributed by atoms with Gasteiger partial charge in [-0.25, -0.2) is 4.98 Å². The second-order valence-corrected chi connectivity index (χ2v) is 5.01. The van der Waals surface area contributed by atoms with Crippen LogP contribution in [0.5, 0.6) is 0 Å². The van der Waals surface area contributed by atoms with Crippen LogP contribution < -0.4 is 0 Å². The van der Waals surface area contributed by atoms with Crippen molar-refractivity contribution < 1.29 is 14.3 Å². The molecule has 1 aromatic rings. The molecule has 98 valence electrons. The fourth-order valence-electron chi connectivity index (χ4n) is 2.15. The third kappa shape index (κ3) is 3.04. The van der Waals surface area contributed by atoms with Crippen LogP contribution in [-0.4, -0.2) is 39.6 Å². The van der Waals surface area contributed by atoms with E-state index in [1.54, 1.807) is 11.8 Å². The van der Waals surface area contributed by atoms with Gasteiger partial charge in [-0.3, -0.25) is 4.79 Å². The van der Waals surface area contributed by atoms with Crippen molar-refractivity contribution in [3.63, 3.8) is 0 Å². The number of hydrogen-bond acceptors (Lipinski definition) is 3. The zero-order valence-corrected chi connectivity index (χ0v) is 10.4. The van der Waals surface area contributed by atoms with Gasteiger partial charge in [-0.15, -0.1) is 0 Å². The van der Waals surface area contributed by atoms with Crippen molar-refractivity contribution >= 4 is 5.91 Å². The molecule has 1 unspecified atom stereocenters. The van der Waals surface area contributed by atoms with Gasteiger partial charge < -0.3 is 10.0 Å². The lowest BCUT2D eigenvalue weighted by atomic mass is 9.98. The monoisotopic (exact) mass is 252 g/mol. The second-order valence-electron chi connectivity index (χ2n) is 5.01. The highest BCUT2D eigenvalue weighted by Gasteiger charge is 2.27. The minimum absolute atomic E-state index is 0.153. The van der Waals surface area contributed by atoms with Crippen molar-refractivity contribution in [3.05, 3.63) is 29.8 Å². The van der Waals surface area contributed by atoms with Crippen LogP contribution in [0.25, 0.3) is 0 Å². The van der Waals surface area contributed by atoms with Crippen LogP contribution in [0.15, 0.2) is 18.3 Å². The largest absolute Gasteiger partial charge is 0.390 e. The molecule has 2 rings (SSSR count). The molecule has 1 aromatic heterocycles. The molecule has 1 saturated heterocycles. The molecular weight excluding hydrogens is 235 g/mol. The van der Waals surface area contributed by atoms with Crippen molar-refractivity contribution in [2.45, 2.75) is 31.8 Å². The molecule has 1 aliphatic rings. The predicted molar refractivity (Wildman–Crippen MR) is 64.6 cm³/mol. The predicted octanol–water partition coefficient (Wildman–Crippen LogP) is 1.60. The van der Waals surface area contributed by atoms with E-state index in [9.17, 15) is 14.3 Å². The molecule has 0 aliphatic carbocycles. The van der Waals surface area contributed by atoms with Crippen molar-refractivity contribution in [1.29, 1.82) is 0 Å². The molecule has 0 aromatic carbocycles. The van der Waals surface area contributed by atoms with E-state index < -0.39 is 11.5 Å². The summed E-state index contributed by atoms with van der Waals surface area (Å²) in [7, 11) is 0. The van der Waals surface area contributed by atoms with Crippen molar-refractivity contribution in [3.8, 4) is 0 Å². The zero-order valence-electron chi connectivity index (χ0n) is 10.4. The third-order valence-corrected chi connectivity index (χ3v) is 3.33. The first kappa shape index (κ1) is 13.0. The quantitative estimate of drug-likeness (QED) is 0.772. The topological polar surface area (TPSA) is 53.4 Å². The van der Waals surface area contributed by atoms with E-state index in [2.05, 4.69) is 4.98 Å². The number of likely N-dealkylation sites (tertiary alicyclic amines) is 1. The van der Waals surface area contributed by atoms with Gasteiger partial charge in [0.05, 0.1) is 11.2 Å². The molecule has 0 bridgehead atoms. The van der Waals surface area contributed by atoms with E-state index in [0.717, 1.165) is 6.42 Å². The van der Waals surface area contributed by atoms with Crippen LogP contribution in [0.3, 0.4) is 0 Å². The van der Waals surface area contributed by atoms with Crippen LogP contribution in [0.2, 0.25) is 0 Å². The van der Waals surface area contributed by atoms with Crippen LogP contribution in [0, 0.1) is 5.95 Å². The Balaban J connectivity index is 2.07. The number of hydrogen-bond donors (Lipinski definition) is 1. The number of pyridine rings is 1. The van der Waals surface area contributed by atoms with Gasteiger partial charge in [0, 0.05) is 19.3 Å². The Labute approximate surface area is 105 Å². The van der Waals surface area contributed by atoms with Crippen molar-refractivity contribution in [1.82, 2.24) is 9.88 Å². The number of aromatic nitrogens is 1. The van der Waals surface area contributed by atoms with E-state index in [0.29, 0.717) is 31.5 Å². The SMILES string of the molecule is CC1(O)CCCN(C(=O)c2ccc(F)nc2)CC1. The first-order valence-electron chi connectivity index (χ1n) is 6.11. The van der Waals surface area contributed by atoms with E-state index in [1.807, 2.05) is 0 Å². The van der Waals surface area contributed by atoms with Crippen LogP contribution in [0.1, 0.15) is 36.5 Å². The fourth-order valence-corrected chi connectivity index (χ4v) is 2.15. The summed E-state index contributed by atoms with van der Waals surface area (Å²) in [5.41, 5.74) is -0.311. The number of halogens is 1. The Bertz CT molecular complexity index is 431. The molecule has 4 nitrogen and oxygen atoms in total. The van der Waals surface area contributed by atoms with Gasteiger partial charge >= 0.3 is 0 Å². The molecule has 0 saturated carbocycles. The maximum Gasteiger partial charge on any atom is 0.255 e. The highest BCUT2D eigenvalue weighted by Crippen LogP contribution is 2.22. The average Bonchev–Trinajstić information content (AvgIpc) is 2.50. The smallest absolute Gasteiger partial charge is 0.255 e. The number of carbonyl (C=O) groups is 1. The lowest BCUT2D eigenvalue weighted by Gasteiger charge is -2.22. The summed E-state index contributed by atoms with van der Waals surface area (Å²) < 4.78 is 12.7. The number of carbonyl (C=O) groups excluding carboxylic acids is 1. The number of rotatable bonds is 1. The molecule has 1 N–H and O–H groups in total. The molecule has 0 spiro atoms. The molecule has 2 heterocycles. The molecular formula is C13H17FN2O2. The van der Waals surface area contributed by atoms with Crippen LogP contribution >= 0.6 is 0 Å². The number of amides is 1. The lowest BCUT2D eigenvalue weighted by molar-refractivity contribution is 0.0438. The summed E-state index contributed by atoms with van der Waals surface area (Å²) in [6.07, 6.45) is 3.28. The summed E-state index contributed by atoms with van der Waals surface area (Å²) in [4.78, 5) is 17.3. The Hall–Kier alpha value is -1.49. The minimum atomic E-state index is -0.698. The van der Waals surface area contributed by atoms with Gasteiger partial charge in [0.1, 0.15) is 0 Å². The third-order valence-electron chi connectivity index (χ3n) is 3.33. The first-order valence-corrected chi connectivity index (χ1v) is 6.11. The molecule has 1 aliphatic heterocycles. The van der Waals surface area contributed by atoms with E-state index >= 15 is 0 Å². The summed E-state index contributed by atoms with van der Waals surface area (Å²) in [6.45, 7) is 2.93. The van der Waals surface area contributed by atoms with Gasteiger partial charge in [-0.1, -0.05) is 0 Å². The molecule has 1 atom stereocenters. The fraction of sp³-hybridized carbons (Fsp3) is 0.538. The van der Waals surface area contributed by atoms with Crippen LogP contribution in [-0.2, 0) is 0 Å². The summed E-state index contributed by atoms with van der Waals surface area (Å²) >= 11 is 0. The zero-order chi connectivity index (χ0) is 13.2. The first-order chi connectivity index (χ1) is 8.48. The van der Waals surface area contributed by atoms with E-state index in [-0.39, 0.29) is 5.91 Å². The Morgan fingerprint density at radius 3 is 2.89 bits per heavy atom. The van der Waals surface area contributed by atoms with Crippen molar-refractivity contribution in [2.75, 3.05) is 13.1 Å². The molecule has 0 radical (unpaired) electrons. The number of nitrogens with zero attached hydrogens (tertiary/aromatic N) is 2. The molecule has 1 fully saturated rings. The minimum Gasteiger partial charge on any atom is -0.390 e. The van der Waals surface area contributed by atoms with Gasteiger partial charge in [0.25, 0.3) is 5.91 Å². The molecule has 5 heteroatoms. The highest BCUT2D eigenvalue weighted by atomic mass is 19.1. The van der Waals surface area contributed by atoms with Gasteiger partial charge in [0.15, 0.2) is 0 Å². The van der Waals surface area contributed by atoms with Crippen LogP contribution in [0.4, 0.5) is 4.39 Å². The second kappa shape index (κ2) is 5.02. The van der Waals surface area contributed by atoms with Gasteiger partial charge in [-0.05, 0) is 38.3 Å². The molecule has 18 heavy (non-hydrogen) atoms. The normalized spacial score (nSPS) is 24.7. The standard InChI is InChI=1S/C13H17FN2O2/c1-13(18)5-2-7-16(8-6-13)12(17)10-3-4-11(14)15-9-10/h3-4,9,18H,2,5-8H2,1H3. The van der Waals surface area contributed by atoms with Crippen molar-refractivity contribution in [2.24, 2.45) is 0 Å². The maximum atomic E-state index is 12.7. The summed E-state index contributed by atoms with van der Waals surface area (Å²) in [5, 5.41) is 9.96. The Morgan fingerprint density at radius 1 is 1.44 bits per heavy atom. The maximum absolute atomic E-state index is 12.7. The van der Waals surface area contributed by atoms with E-state index in [4.69, 9.17) is 0 Å². The Kier molecular flexibility index (Phi) is 3.61. The number of aliphatic hydroxyl groups is 1. The molecule has 1 amide bonds. The Morgan fingerprint density at radius 2 is 2.22 bits per heavy atom. The lowest BCUT2D eigenvalue weighted by Crippen LogP contribution is -2.33. The van der Waals surface area contributed by atoms with Gasteiger partial charge in [-0.2, -0.15) is 4.39 Å². The summed E-state index contributed by atoms with van der Waals surface area (Å²) in [5.74, 6) is -0.745. The van der Waals surface area contributed by atoms with Gasteiger partial charge in [0.2, 0.25) is 5.95 Å².